The minimum absolute atomic E-state index is 0.000224. The van der Waals surface area contributed by atoms with Crippen LogP contribution in [0, 0.1) is 0 Å². The predicted molar refractivity (Wildman–Crippen MR) is 169 cm³/mol. The Labute approximate surface area is 230 Å². The van der Waals surface area contributed by atoms with Crippen molar-refractivity contribution in [2.45, 2.75) is 19.3 Å². The summed E-state index contributed by atoms with van der Waals surface area (Å²) >= 11 is 1.92. The van der Waals surface area contributed by atoms with Crippen LogP contribution in [0.5, 0.6) is 0 Å². The zero-order valence-electron chi connectivity index (χ0n) is 21.8. The molecule has 0 radical (unpaired) electrons. The molecule has 0 unspecified atom stereocenters. The first-order valence-corrected chi connectivity index (χ1v) is 14.4. The van der Waals surface area contributed by atoms with Crippen LogP contribution in [-0.2, 0) is 5.41 Å². The summed E-state index contributed by atoms with van der Waals surface area (Å²) in [6.07, 6.45) is 0. The Balaban J connectivity index is 1.50. The summed E-state index contributed by atoms with van der Waals surface area (Å²) in [4.78, 5) is 0. The van der Waals surface area contributed by atoms with Crippen molar-refractivity contribution < 1.29 is 0 Å². The Hall–Kier alpha value is -4.40. The Morgan fingerprint density at radius 1 is 0.564 bits per heavy atom. The number of aromatic nitrogens is 1. The van der Waals surface area contributed by atoms with E-state index >= 15 is 0 Å². The number of hydrogen-bond donors (Lipinski definition) is 0. The second-order valence-corrected chi connectivity index (χ2v) is 12.4. The van der Waals surface area contributed by atoms with E-state index in [1.807, 2.05) is 11.3 Å². The fourth-order valence-electron chi connectivity index (χ4n) is 7.24. The SMILES string of the molecule is CC1(C)c2ccccc2-c2cc(-n3c4ccccc4c4c5ccccc5c5c6ccccc6sc5c43)ccc21. The van der Waals surface area contributed by atoms with Crippen LogP contribution in [-0.4, -0.2) is 4.57 Å². The van der Waals surface area contributed by atoms with Crippen molar-refractivity contribution >= 4 is 64.1 Å². The second kappa shape index (κ2) is 7.37. The molecule has 1 aliphatic rings. The fourth-order valence-corrected chi connectivity index (χ4v) is 8.50. The summed E-state index contributed by atoms with van der Waals surface area (Å²) in [5, 5.41) is 8.04. The van der Waals surface area contributed by atoms with Crippen LogP contribution in [0.1, 0.15) is 25.0 Å². The Morgan fingerprint density at radius 2 is 1.21 bits per heavy atom. The standard InChI is InChI=1S/C37H25NS/c1-37(2)29-16-8-5-11-23(29)28-21-22(19-20-30(28)37)38-31-17-9-6-14-26(31)33-24-12-3-4-13-25(24)34-27-15-7-10-18-32(27)39-36(34)35(33)38/h3-21H,1-2H3. The third-order valence-corrected chi connectivity index (χ3v) is 10.2. The molecule has 0 amide bonds. The van der Waals surface area contributed by atoms with Gasteiger partial charge >= 0.3 is 0 Å². The van der Waals surface area contributed by atoms with E-state index in [4.69, 9.17) is 0 Å². The van der Waals surface area contributed by atoms with Gasteiger partial charge in [0.05, 0.1) is 15.7 Å². The van der Waals surface area contributed by atoms with E-state index in [-0.39, 0.29) is 5.41 Å². The number of benzene rings is 6. The molecule has 6 aromatic carbocycles. The highest BCUT2D eigenvalue weighted by molar-refractivity contribution is 7.27. The molecule has 39 heavy (non-hydrogen) atoms. The van der Waals surface area contributed by atoms with Gasteiger partial charge in [-0.15, -0.1) is 11.3 Å². The third kappa shape index (κ3) is 2.65. The molecule has 2 heterocycles. The molecule has 0 atom stereocenters. The van der Waals surface area contributed by atoms with E-state index in [9.17, 15) is 0 Å². The molecular formula is C37H25NS. The lowest BCUT2D eigenvalue weighted by Gasteiger charge is -2.21. The maximum Gasteiger partial charge on any atom is 0.0726 e. The minimum Gasteiger partial charge on any atom is -0.308 e. The van der Waals surface area contributed by atoms with E-state index in [0.717, 1.165) is 0 Å². The van der Waals surface area contributed by atoms with Crippen LogP contribution < -0.4 is 0 Å². The minimum atomic E-state index is 0.000224. The lowest BCUT2D eigenvalue weighted by molar-refractivity contribution is 0.660. The van der Waals surface area contributed by atoms with Gasteiger partial charge in [-0.25, -0.2) is 0 Å². The number of thiophene rings is 1. The molecule has 0 bridgehead atoms. The first-order chi connectivity index (χ1) is 19.1. The molecule has 184 valence electrons. The molecule has 0 saturated heterocycles. The first-order valence-electron chi connectivity index (χ1n) is 13.6. The molecular weight excluding hydrogens is 490 g/mol. The van der Waals surface area contributed by atoms with E-state index in [1.54, 1.807) is 0 Å². The van der Waals surface area contributed by atoms with E-state index in [0.29, 0.717) is 0 Å². The van der Waals surface area contributed by atoms with Gasteiger partial charge in [-0.05, 0) is 57.3 Å². The van der Waals surface area contributed by atoms with Gasteiger partial charge in [-0.3, -0.25) is 0 Å². The topological polar surface area (TPSA) is 4.93 Å². The van der Waals surface area contributed by atoms with Crippen molar-refractivity contribution in [1.29, 1.82) is 0 Å². The van der Waals surface area contributed by atoms with Crippen LogP contribution in [0.4, 0.5) is 0 Å². The number of nitrogens with zero attached hydrogens (tertiary/aromatic N) is 1. The molecule has 0 aliphatic heterocycles. The van der Waals surface area contributed by atoms with Crippen LogP contribution in [0.2, 0.25) is 0 Å². The summed E-state index contributed by atoms with van der Waals surface area (Å²) < 4.78 is 5.23. The van der Waals surface area contributed by atoms with Crippen LogP contribution in [0.3, 0.4) is 0 Å². The molecule has 8 aromatic rings. The summed E-state index contributed by atoms with van der Waals surface area (Å²) in [5.41, 5.74) is 9.33. The molecule has 2 aromatic heterocycles. The molecule has 1 nitrogen and oxygen atoms in total. The number of hydrogen-bond acceptors (Lipinski definition) is 1. The predicted octanol–water partition coefficient (Wildman–Crippen LogP) is 10.6. The van der Waals surface area contributed by atoms with Crippen LogP contribution >= 0.6 is 11.3 Å². The van der Waals surface area contributed by atoms with Gasteiger partial charge in [-0.1, -0.05) is 105 Å². The molecule has 1 aliphatic carbocycles. The molecule has 9 rings (SSSR count). The van der Waals surface area contributed by atoms with Gasteiger partial charge in [0.2, 0.25) is 0 Å². The quantitative estimate of drug-likeness (QED) is 0.205. The van der Waals surface area contributed by atoms with Crippen molar-refractivity contribution in [3.8, 4) is 16.8 Å². The fraction of sp³-hybridized carbons (Fsp3) is 0.0811. The van der Waals surface area contributed by atoms with E-state index in [2.05, 4.69) is 134 Å². The summed E-state index contributed by atoms with van der Waals surface area (Å²) in [6.45, 7) is 4.70. The zero-order chi connectivity index (χ0) is 25.9. The van der Waals surface area contributed by atoms with Crippen molar-refractivity contribution in [3.05, 3.63) is 126 Å². The van der Waals surface area contributed by atoms with E-state index in [1.165, 1.54) is 80.7 Å². The van der Waals surface area contributed by atoms with Gasteiger partial charge in [0.25, 0.3) is 0 Å². The average molecular weight is 516 g/mol. The summed E-state index contributed by atoms with van der Waals surface area (Å²) in [7, 11) is 0. The van der Waals surface area contributed by atoms with Gasteiger partial charge < -0.3 is 4.57 Å². The van der Waals surface area contributed by atoms with Gasteiger partial charge in [-0.2, -0.15) is 0 Å². The van der Waals surface area contributed by atoms with E-state index < -0.39 is 0 Å². The molecule has 0 saturated carbocycles. The highest BCUT2D eigenvalue weighted by Gasteiger charge is 2.35. The average Bonchev–Trinajstić information content (AvgIpc) is 3.60. The highest BCUT2D eigenvalue weighted by Crippen LogP contribution is 2.51. The molecule has 0 spiro atoms. The number of rotatable bonds is 1. The van der Waals surface area contributed by atoms with Gasteiger partial charge in [0, 0.05) is 37.3 Å². The van der Waals surface area contributed by atoms with Gasteiger partial charge in [0.1, 0.15) is 0 Å². The Morgan fingerprint density at radius 3 is 2.05 bits per heavy atom. The first kappa shape index (κ1) is 21.5. The Bertz CT molecular complexity index is 2310. The maximum atomic E-state index is 2.53. The molecule has 0 N–H and O–H groups in total. The van der Waals surface area contributed by atoms with Crippen molar-refractivity contribution in [3.63, 3.8) is 0 Å². The zero-order valence-corrected chi connectivity index (χ0v) is 22.6. The second-order valence-electron chi connectivity index (χ2n) is 11.3. The lowest BCUT2D eigenvalue weighted by Crippen LogP contribution is -2.14. The maximum absolute atomic E-state index is 2.53. The summed E-state index contributed by atoms with van der Waals surface area (Å²) in [6, 6.07) is 42.9. The smallest absolute Gasteiger partial charge is 0.0726 e. The highest BCUT2D eigenvalue weighted by atomic mass is 32.1. The Kier molecular flexibility index (Phi) is 4.07. The van der Waals surface area contributed by atoms with Crippen molar-refractivity contribution in [2.75, 3.05) is 0 Å². The van der Waals surface area contributed by atoms with Crippen LogP contribution in [0.25, 0.3) is 69.6 Å². The molecule has 0 fully saturated rings. The summed E-state index contributed by atoms with van der Waals surface area (Å²) in [5.74, 6) is 0. The number of fused-ring (bicyclic) bond motifs is 13. The molecule has 2 heteroatoms. The van der Waals surface area contributed by atoms with Gasteiger partial charge in [0.15, 0.2) is 0 Å². The number of para-hydroxylation sites is 1. The van der Waals surface area contributed by atoms with Crippen molar-refractivity contribution in [1.82, 2.24) is 4.57 Å². The monoisotopic (exact) mass is 515 g/mol. The third-order valence-electron chi connectivity index (χ3n) is 8.98. The normalized spacial score (nSPS) is 14.1. The van der Waals surface area contributed by atoms with Crippen LogP contribution in [0.15, 0.2) is 115 Å². The largest absolute Gasteiger partial charge is 0.308 e. The van der Waals surface area contributed by atoms with Crippen molar-refractivity contribution in [2.24, 2.45) is 0 Å². The lowest BCUT2D eigenvalue weighted by atomic mass is 9.82.